The van der Waals surface area contributed by atoms with Gasteiger partial charge in [-0.3, -0.25) is 9.10 Å². The zero-order valence-corrected chi connectivity index (χ0v) is 17.0. The van der Waals surface area contributed by atoms with Crippen LogP contribution in [-0.4, -0.2) is 26.9 Å². The maximum absolute atomic E-state index is 13.4. The highest BCUT2D eigenvalue weighted by molar-refractivity contribution is 9.10. The van der Waals surface area contributed by atoms with Gasteiger partial charge in [0.05, 0.1) is 5.69 Å². The van der Waals surface area contributed by atoms with Gasteiger partial charge in [0.1, 0.15) is 4.90 Å². The molecule has 2 heterocycles. The Morgan fingerprint density at radius 2 is 1.88 bits per heavy atom. The summed E-state index contributed by atoms with van der Waals surface area (Å²) >= 11 is 3.44. The van der Waals surface area contributed by atoms with Crippen molar-refractivity contribution in [2.24, 2.45) is 0 Å². The Kier molecular flexibility index (Phi) is 4.11. The molecule has 0 saturated heterocycles. The normalized spacial score (nSPS) is 18.8. The fourth-order valence-electron chi connectivity index (χ4n) is 3.97. The molecule has 0 radical (unpaired) electrons. The molecule has 1 unspecified atom stereocenters. The summed E-state index contributed by atoms with van der Waals surface area (Å²) in [4.78, 5) is 13.9. The monoisotopic (exact) mass is 434 g/mol. The summed E-state index contributed by atoms with van der Waals surface area (Å²) in [6.45, 7) is 3.91. The molecule has 7 heteroatoms. The summed E-state index contributed by atoms with van der Waals surface area (Å²) in [6, 6.07) is 11.1. The topological polar surface area (TPSA) is 57.7 Å². The first-order valence-electron chi connectivity index (χ1n) is 8.53. The third kappa shape index (κ3) is 2.56. The average Bonchev–Trinajstić information content (AvgIpc) is 3.14. The minimum atomic E-state index is -3.72. The van der Waals surface area contributed by atoms with Crippen molar-refractivity contribution in [2.75, 3.05) is 15.7 Å². The van der Waals surface area contributed by atoms with Crippen molar-refractivity contribution in [1.29, 1.82) is 0 Å². The second-order valence-electron chi connectivity index (χ2n) is 6.81. The van der Waals surface area contributed by atoms with E-state index in [0.717, 1.165) is 23.2 Å². The molecule has 2 aromatic carbocycles. The molecule has 0 aromatic heterocycles. The molecule has 0 aliphatic carbocycles. The van der Waals surface area contributed by atoms with Crippen LogP contribution in [-0.2, 0) is 27.7 Å². The van der Waals surface area contributed by atoms with Gasteiger partial charge < -0.3 is 4.90 Å². The third-order valence-electron chi connectivity index (χ3n) is 5.10. The van der Waals surface area contributed by atoms with E-state index in [-0.39, 0.29) is 16.8 Å². The highest BCUT2D eigenvalue weighted by Crippen LogP contribution is 2.41. The largest absolute Gasteiger partial charge is 0.309 e. The number of amides is 1. The molecule has 2 aliphatic rings. The number of benzene rings is 2. The second kappa shape index (κ2) is 6.09. The first kappa shape index (κ1) is 17.5. The predicted molar refractivity (Wildman–Crippen MR) is 105 cm³/mol. The van der Waals surface area contributed by atoms with Crippen LogP contribution in [0.5, 0.6) is 0 Å². The molecule has 4 rings (SSSR count). The van der Waals surface area contributed by atoms with Crippen LogP contribution in [0.1, 0.15) is 25.0 Å². The van der Waals surface area contributed by atoms with Crippen molar-refractivity contribution in [3.05, 3.63) is 52.0 Å². The maximum atomic E-state index is 13.4. The van der Waals surface area contributed by atoms with Crippen LogP contribution in [0.4, 0.5) is 11.4 Å². The molecule has 0 fully saturated rings. The molecule has 2 aromatic rings. The van der Waals surface area contributed by atoms with E-state index >= 15 is 0 Å². The van der Waals surface area contributed by atoms with E-state index in [9.17, 15) is 13.2 Å². The Morgan fingerprint density at radius 1 is 1.15 bits per heavy atom. The van der Waals surface area contributed by atoms with E-state index in [1.807, 2.05) is 37.3 Å². The van der Waals surface area contributed by atoms with Gasteiger partial charge in [0, 0.05) is 29.7 Å². The minimum absolute atomic E-state index is 0.0277. The molecule has 5 nitrogen and oxygen atoms in total. The number of anilines is 2. The van der Waals surface area contributed by atoms with Crippen LogP contribution < -0.4 is 9.21 Å². The molecular formula is C19H19BrN2O3S. The van der Waals surface area contributed by atoms with Crippen molar-refractivity contribution in [2.45, 2.75) is 37.6 Å². The number of hydrogen-bond acceptors (Lipinski definition) is 3. The smallest absolute Gasteiger partial charge is 0.265 e. The Hall–Kier alpha value is -1.86. The number of halogens is 1. The van der Waals surface area contributed by atoms with Crippen LogP contribution in [0.2, 0.25) is 0 Å². The Labute approximate surface area is 161 Å². The molecule has 2 aliphatic heterocycles. The van der Waals surface area contributed by atoms with Gasteiger partial charge in [0.2, 0.25) is 5.91 Å². The third-order valence-corrected chi connectivity index (χ3v) is 7.87. The molecule has 0 spiro atoms. The van der Waals surface area contributed by atoms with Gasteiger partial charge in [-0.2, -0.15) is 0 Å². The zero-order valence-electron chi connectivity index (χ0n) is 14.6. The van der Waals surface area contributed by atoms with E-state index in [2.05, 4.69) is 15.9 Å². The quantitative estimate of drug-likeness (QED) is 0.726. The van der Waals surface area contributed by atoms with Gasteiger partial charge in [-0.05, 0) is 65.0 Å². The molecule has 1 amide bonds. The van der Waals surface area contributed by atoms with Crippen molar-refractivity contribution in [1.82, 2.24) is 0 Å². The van der Waals surface area contributed by atoms with E-state index < -0.39 is 10.0 Å². The number of fused-ring (bicyclic) bond motifs is 2. The van der Waals surface area contributed by atoms with Crippen LogP contribution in [0, 0.1) is 0 Å². The van der Waals surface area contributed by atoms with Crippen LogP contribution in [0.25, 0.3) is 0 Å². The standard InChI is InChI=1S/C19H19BrN2O3S/c1-12-9-15-10-16(20)19(11-18(15)22(12)13(2)23)26(24,25)21-8-7-14-5-3-4-6-17(14)21/h3-6,10-12H,7-9H2,1-2H3. The Balaban J connectivity index is 1.83. The molecule has 0 saturated carbocycles. The highest BCUT2D eigenvalue weighted by atomic mass is 79.9. The molecule has 136 valence electrons. The number of carbonyl (C=O) groups is 1. The fraction of sp³-hybridized carbons (Fsp3) is 0.316. The van der Waals surface area contributed by atoms with Crippen LogP contribution in [0.3, 0.4) is 0 Å². The van der Waals surface area contributed by atoms with Gasteiger partial charge in [0.15, 0.2) is 0 Å². The van der Waals surface area contributed by atoms with E-state index in [1.54, 1.807) is 11.0 Å². The summed E-state index contributed by atoms with van der Waals surface area (Å²) in [6.07, 6.45) is 1.43. The average molecular weight is 435 g/mol. The summed E-state index contributed by atoms with van der Waals surface area (Å²) in [5.74, 6) is -0.0755. The molecular weight excluding hydrogens is 416 g/mol. The number of sulfonamides is 1. The van der Waals surface area contributed by atoms with Gasteiger partial charge in [-0.1, -0.05) is 18.2 Å². The first-order valence-corrected chi connectivity index (χ1v) is 10.8. The van der Waals surface area contributed by atoms with E-state index in [0.29, 0.717) is 23.1 Å². The molecule has 0 bridgehead atoms. The van der Waals surface area contributed by atoms with Crippen LogP contribution >= 0.6 is 15.9 Å². The van der Waals surface area contributed by atoms with E-state index in [1.165, 1.54) is 11.2 Å². The Bertz CT molecular complexity index is 1020. The highest BCUT2D eigenvalue weighted by Gasteiger charge is 2.36. The predicted octanol–water partition coefficient (Wildman–Crippen LogP) is 3.50. The summed E-state index contributed by atoms with van der Waals surface area (Å²) < 4.78 is 28.7. The number of rotatable bonds is 2. The lowest BCUT2D eigenvalue weighted by molar-refractivity contribution is -0.116. The lowest BCUT2D eigenvalue weighted by atomic mass is 10.1. The lowest BCUT2D eigenvalue weighted by Crippen LogP contribution is -2.34. The summed E-state index contributed by atoms with van der Waals surface area (Å²) in [7, 11) is -3.72. The van der Waals surface area contributed by atoms with Crippen molar-refractivity contribution < 1.29 is 13.2 Å². The van der Waals surface area contributed by atoms with Gasteiger partial charge in [0.25, 0.3) is 10.0 Å². The first-order chi connectivity index (χ1) is 12.3. The van der Waals surface area contributed by atoms with Gasteiger partial charge in [-0.25, -0.2) is 8.42 Å². The summed E-state index contributed by atoms with van der Waals surface area (Å²) in [5.41, 5.74) is 3.45. The second-order valence-corrected chi connectivity index (χ2v) is 9.49. The number of nitrogens with zero attached hydrogens (tertiary/aromatic N) is 2. The van der Waals surface area contributed by atoms with Gasteiger partial charge in [-0.15, -0.1) is 0 Å². The van der Waals surface area contributed by atoms with Crippen LogP contribution in [0.15, 0.2) is 45.8 Å². The molecule has 0 N–H and O–H groups in total. The van der Waals surface area contributed by atoms with E-state index in [4.69, 9.17) is 0 Å². The number of hydrogen-bond donors (Lipinski definition) is 0. The fourth-order valence-corrected chi connectivity index (χ4v) is 6.55. The number of carbonyl (C=O) groups excluding carboxylic acids is 1. The maximum Gasteiger partial charge on any atom is 0.265 e. The van der Waals surface area contributed by atoms with Crippen molar-refractivity contribution in [3.63, 3.8) is 0 Å². The SMILES string of the molecule is CC(=O)N1c2cc(S(=O)(=O)N3CCc4ccccc43)c(Br)cc2CC1C. The number of para-hydroxylation sites is 1. The summed E-state index contributed by atoms with van der Waals surface area (Å²) in [5, 5.41) is 0. The zero-order chi connectivity index (χ0) is 18.6. The molecule has 26 heavy (non-hydrogen) atoms. The van der Waals surface area contributed by atoms with Crippen molar-refractivity contribution >= 4 is 43.2 Å². The minimum Gasteiger partial charge on any atom is -0.309 e. The van der Waals surface area contributed by atoms with Gasteiger partial charge >= 0.3 is 0 Å². The lowest BCUT2D eigenvalue weighted by Gasteiger charge is -2.23. The Morgan fingerprint density at radius 3 is 2.62 bits per heavy atom. The van der Waals surface area contributed by atoms with Crippen molar-refractivity contribution in [3.8, 4) is 0 Å². The molecule has 1 atom stereocenters.